The van der Waals surface area contributed by atoms with Gasteiger partial charge in [-0.1, -0.05) is 19.1 Å². The molecule has 0 bridgehead atoms. The lowest BCUT2D eigenvalue weighted by atomic mass is 10.2. The highest BCUT2D eigenvalue weighted by molar-refractivity contribution is 5.95. The molecule has 1 aromatic heterocycles. The summed E-state index contributed by atoms with van der Waals surface area (Å²) in [5.41, 5.74) is 1.49. The third kappa shape index (κ3) is 4.28. The Morgan fingerprint density at radius 1 is 1.33 bits per heavy atom. The topological polar surface area (TPSA) is 65.4 Å². The van der Waals surface area contributed by atoms with Crippen molar-refractivity contribution in [3.63, 3.8) is 0 Å². The van der Waals surface area contributed by atoms with Crippen molar-refractivity contribution >= 4 is 5.91 Å². The van der Waals surface area contributed by atoms with E-state index in [0.29, 0.717) is 23.7 Å². The summed E-state index contributed by atoms with van der Waals surface area (Å²) in [6, 6.07) is 7.30. The Hall–Kier alpha value is -2.50. The van der Waals surface area contributed by atoms with Gasteiger partial charge in [0.05, 0.1) is 24.9 Å². The second kappa shape index (κ2) is 8.38. The summed E-state index contributed by atoms with van der Waals surface area (Å²) in [6.45, 7) is 7.06. The molecule has 0 aliphatic rings. The molecule has 0 aliphatic heterocycles. The first-order chi connectivity index (χ1) is 11.6. The Balaban J connectivity index is 1.92. The molecule has 0 spiro atoms. The van der Waals surface area contributed by atoms with Crippen LogP contribution in [0.15, 0.2) is 30.5 Å². The molecule has 0 saturated carbocycles. The predicted octanol–water partition coefficient (Wildman–Crippen LogP) is 2.81. The molecule has 1 heterocycles. The second-order valence-corrected chi connectivity index (χ2v) is 5.70. The molecule has 1 N–H and O–H groups in total. The fourth-order valence-electron chi connectivity index (χ4n) is 2.40. The number of aryl methyl sites for hydroxylation is 1. The standard InChI is InChI=1S/C18H25N3O3/c1-5-10-21-14(3)15(11-19-21)18(22)20-13(2)12-24-17-9-7-6-8-16(17)23-4/h6-9,11,13H,5,10,12H2,1-4H3,(H,20,22)/t13-/m1/s1. The van der Waals surface area contributed by atoms with Gasteiger partial charge in [-0.05, 0) is 32.4 Å². The molecule has 0 fully saturated rings. The van der Waals surface area contributed by atoms with Crippen molar-refractivity contribution in [2.24, 2.45) is 0 Å². The van der Waals surface area contributed by atoms with Gasteiger partial charge in [0.2, 0.25) is 0 Å². The number of nitrogens with zero attached hydrogens (tertiary/aromatic N) is 2. The van der Waals surface area contributed by atoms with Crippen LogP contribution in [0.3, 0.4) is 0 Å². The predicted molar refractivity (Wildman–Crippen MR) is 92.7 cm³/mol. The lowest BCUT2D eigenvalue weighted by Crippen LogP contribution is -2.37. The van der Waals surface area contributed by atoms with E-state index in [9.17, 15) is 4.79 Å². The summed E-state index contributed by atoms with van der Waals surface area (Å²) in [6.07, 6.45) is 2.60. The number of hydrogen-bond donors (Lipinski definition) is 1. The van der Waals surface area contributed by atoms with Crippen LogP contribution in [0.2, 0.25) is 0 Å². The Morgan fingerprint density at radius 2 is 2.04 bits per heavy atom. The van der Waals surface area contributed by atoms with Crippen LogP contribution in [0.25, 0.3) is 0 Å². The van der Waals surface area contributed by atoms with Gasteiger partial charge in [0.1, 0.15) is 6.61 Å². The maximum atomic E-state index is 12.4. The zero-order chi connectivity index (χ0) is 17.5. The molecule has 130 valence electrons. The van der Waals surface area contributed by atoms with E-state index in [1.54, 1.807) is 13.3 Å². The third-order valence-electron chi connectivity index (χ3n) is 3.72. The van der Waals surface area contributed by atoms with Crippen molar-refractivity contribution in [3.05, 3.63) is 41.7 Å². The SMILES string of the molecule is CCCn1ncc(C(=O)N[C@H](C)COc2ccccc2OC)c1C. The van der Waals surface area contributed by atoms with E-state index in [1.807, 2.05) is 42.8 Å². The van der Waals surface area contributed by atoms with Gasteiger partial charge >= 0.3 is 0 Å². The maximum absolute atomic E-state index is 12.4. The molecule has 1 atom stereocenters. The van der Waals surface area contributed by atoms with Gasteiger partial charge in [-0.2, -0.15) is 5.10 Å². The van der Waals surface area contributed by atoms with Crippen LogP contribution in [0.1, 0.15) is 36.3 Å². The molecule has 1 aromatic carbocycles. The van der Waals surface area contributed by atoms with E-state index < -0.39 is 0 Å². The first-order valence-corrected chi connectivity index (χ1v) is 8.15. The molecule has 0 saturated heterocycles. The van der Waals surface area contributed by atoms with Crippen molar-refractivity contribution in [3.8, 4) is 11.5 Å². The largest absolute Gasteiger partial charge is 0.493 e. The van der Waals surface area contributed by atoms with E-state index >= 15 is 0 Å². The van der Waals surface area contributed by atoms with Gasteiger partial charge in [-0.15, -0.1) is 0 Å². The minimum Gasteiger partial charge on any atom is -0.493 e. The first-order valence-electron chi connectivity index (χ1n) is 8.15. The average molecular weight is 331 g/mol. The van der Waals surface area contributed by atoms with Crippen molar-refractivity contribution < 1.29 is 14.3 Å². The van der Waals surface area contributed by atoms with Crippen LogP contribution in [0, 0.1) is 6.92 Å². The number of carbonyl (C=O) groups excluding carboxylic acids is 1. The summed E-state index contributed by atoms with van der Waals surface area (Å²) >= 11 is 0. The number of aromatic nitrogens is 2. The van der Waals surface area contributed by atoms with Crippen molar-refractivity contribution in [1.82, 2.24) is 15.1 Å². The van der Waals surface area contributed by atoms with Crippen LogP contribution >= 0.6 is 0 Å². The number of ether oxygens (including phenoxy) is 2. The Labute approximate surface area is 142 Å². The van der Waals surface area contributed by atoms with Crippen molar-refractivity contribution in [2.75, 3.05) is 13.7 Å². The fourth-order valence-corrected chi connectivity index (χ4v) is 2.40. The van der Waals surface area contributed by atoms with Gasteiger partial charge < -0.3 is 14.8 Å². The lowest BCUT2D eigenvalue weighted by Gasteiger charge is -2.16. The van der Waals surface area contributed by atoms with Gasteiger partial charge in [0.25, 0.3) is 5.91 Å². The number of nitrogens with one attached hydrogen (secondary N) is 1. The zero-order valence-electron chi connectivity index (χ0n) is 14.7. The highest BCUT2D eigenvalue weighted by atomic mass is 16.5. The Kier molecular flexibility index (Phi) is 6.23. The van der Waals surface area contributed by atoms with Crippen LogP contribution in [0.5, 0.6) is 11.5 Å². The number of hydrogen-bond acceptors (Lipinski definition) is 4. The monoisotopic (exact) mass is 331 g/mol. The number of benzene rings is 1. The fraction of sp³-hybridized carbons (Fsp3) is 0.444. The summed E-state index contributed by atoms with van der Waals surface area (Å²) in [4.78, 5) is 12.4. The average Bonchev–Trinajstić information content (AvgIpc) is 2.94. The van der Waals surface area contributed by atoms with E-state index in [0.717, 1.165) is 18.7 Å². The van der Waals surface area contributed by atoms with Gasteiger partial charge in [0.15, 0.2) is 11.5 Å². The zero-order valence-corrected chi connectivity index (χ0v) is 14.7. The van der Waals surface area contributed by atoms with Gasteiger partial charge in [0, 0.05) is 12.2 Å². The normalized spacial score (nSPS) is 11.8. The molecular weight excluding hydrogens is 306 g/mol. The molecule has 0 aliphatic carbocycles. The summed E-state index contributed by atoms with van der Waals surface area (Å²) in [5.74, 6) is 1.20. The minimum absolute atomic E-state index is 0.133. The molecule has 2 aromatic rings. The number of amides is 1. The first kappa shape index (κ1) is 17.8. The van der Waals surface area contributed by atoms with E-state index in [2.05, 4.69) is 17.3 Å². The minimum atomic E-state index is -0.142. The van der Waals surface area contributed by atoms with Gasteiger partial charge in [-0.25, -0.2) is 0 Å². The highest BCUT2D eigenvalue weighted by Gasteiger charge is 2.16. The number of methoxy groups -OCH3 is 1. The number of carbonyl (C=O) groups is 1. The number of para-hydroxylation sites is 2. The smallest absolute Gasteiger partial charge is 0.255 e. The molecule has 1 amide bonds. The summed E-state index contributed by atoms with van der Waals surface area (Å²) in [5, 5.41) is 7.20. The Bertz CT molecular complexity index is 682. The number of rotatable bonds is 8. The summed E-state index contributed by atoms with van der Waals surface area (Å²) < 4.78 is 12.8. The molecular formula is C18H25N3O3. The third-order valence-corrected chi connectivity index (χ3v) is 3.72. The molecule has 6 heteroatoms. The van der Waals surface area contributed by atoms with E-state index in [4.69, 9.17) is 9.47 Å². The maximum Gasteiger partial charge on any atom is 0.255 e. The molecule has 6 nitrogen and oxygen atoms in total. The Morgan fingerprint density at radius 3 is 2.71 bits per heavy atom. The van der Waals surface area contributed by atoms with Crippen LogP contribution < -0.4 is 14.8 Å². The second-order valence-electron chi connectivity index (χ2n) is 5.70. The van der Waals surface area contributed by atoms with E-state index in [1.165, 1.54) is 0 Å². The summed E-state index contributed by atoms with van der Waals surface area (Å²) in [7, 11) is 1.60. The molecule has 2 rings (SSSR count). The van der Waals surface area contributed by atoms with Crippen molar-refractivity contribution in [2.45, 2.75) is 39.8 Å². The lowest BCUT2D eigenvalue weighted by molar-refractivity contribution is 0.0925. The van der Waals surface area contributed by atoms with Crippen molar-refractivity contribution in [1.29, 1.82) is 0 Å². The molecule has 0 radical (unpaired) electrons. The highest BCUT2D eigenvalue weighted by Crippen LogP contribution is 2.25. The van der Waals surface area contributed by atoms with Gasteiger partial charge in [-0.3, -0.25) is 9.48 Å². The molecule has 24 heavy (non-hydrogen) atoms. The van der Waals surface area contributed by atoms with E-state index in [-0.39, 0.29) is 11.9 Å². The van der Waals surface area contributed by atoms with Crippen LogP contribution in [-0.2, 0) is 6.54 Å². The van der Waals surface area contributed by atoms with Crippen LogP contribution in [-0.4, -0.2) is 35.4 Å². The quantitative estimate of drug-likeness (QED) is 0.808. The van der Waals surface area contributed by atoms with Crippen LogP contribution in [0.4, 0.5) is 0 Å². The molecule has 0 unspecified atom stereocenters.